The van der Waals surface area contributed by atoms with Gasteiger partial charge in [0.05, 0.1) is 11.8 Å². The molecule has 3 nitrogen and oxygen atoms in total. The molecule has 3 aromatic carbocycles. The molecular weight excluding hydrogens is 344 g/mol. The van der Waals surface area contributed by atoms with Crippen LogP contribution in [0.1, 0.15) is 22.6 Å². The molecule has 0 N–H and O–H groups in total. The van der Waals surface area contributed by atoms with Gasteiger partial charge in [0.25, 0.3) is 0 Å². The second-order valence-electron chi connectivity index (χ2n) is 7.56. The maximum Gasteiger partial charge on any atom is 0.159 e. The number of para-hydroxylation sites is 1. The number of rotatable bonds is 2. The molecule has 1 aliphatic rings. The average molecular weight is 362 g/mol. The van der Waals surface area contributed by atoms with Crippen LogP contribution in [0, 0.1) is 0 Å². The van der Waals surface area contributed by atoms with Gasteiger partial charge in [-0.2, -0.15) is 0 Å². The number of fused-ring (bicyclic) bond motifs is 3. The van der Waals surface area contributed by atoms with Crippen LogP contribution in [0.3, 0.4) is 0 Å². The molecule has 134 valence electrons. The van der Waals surface area contributed by atoms with E-state index in [1.54, 1.807) is 6.26 Å². The van der Waals surface area contributed by atoms with Crippen LogP contribution in [0.25, 0.3) is 33.3 Å². The van der Waals surface area contributed by atoms with Gasteiger partial charge in [-0.1, -0.05) is 42.5 Å². The number of nitrogens with zero attached hydrogens (tertiary/aromatic N) is 2. The second-order valence-corrected chi connectivity index (χ2v) is 7.56. The molecule has 1 atom stereocenters. The lowest BCUT2D eigenvalue weighted by molar-refractivity contribution is 0.614. The lowest BCUT2D eigenvalue weighted by Gasteiger charge is -2.09. The van der Waals surface area contributed by atoms with E-state index in [1.165, 1.54) is 16.7 Å². The molecule has 28 heavy (non-hydrogen) atoms. The lowest BCUT2D eigenvalue weighted by Crippen LogP contribution is -1.97. The van der Waals surface area contributed by atoms with E-state index >= 15 is 0 Å². The summed E-state index contributed by atoms with van der Waals surface area (Å²) in [6, 6.07) is 23.4. The number of furan rings is 1. The van der Waals surface area contributed by atoms with Crippen molar-refractivity contribution in [3.63, 3.8) is 0 Å². The fraction of sp³-hybridized carbons (Fsp3) is 0.120. The third-order valence-electron chi connectivity index (χ3n) is 5.84. The van der Waals surface area contributed by atoms with E-state index in [0.717, 1.165) is 46.1 Å². The van der Waals surface area contributed by atoms with Crippen LogP contribution in [0.5, 0.6) is 0 Å². The largest absolute Gasteiger partial charge is 0.464 e. The number of aromatic nitrogens is 2. The number of hydrogen-bond acceptors (Lipinski definition) is 3. The molecule has 0 saturated heterocycles. The fourth-order valence-electron chi connectivity index (χ4n) is 4.33. The van der Waals surface area contributed by atoms with Gasteiger partial charge >= 0.3 is 0 Å². The molecule has 0 spiro atoms. The van der Waals surface area contributed by atoms with Crippen molar-refractivity contribution in [3.8, 4) is 11.4 Å². The molecule has 0 fully saturated rings. The summed E-state index contributed by atoms with van der Waals surface area (Å²) in [6.07, 6.45) is 5.78. The molecule has 0 aliphatic heterocycles. The van der Waals surface area contributed by atoms with E-state index < -0.39 is 0 Å². The SMILES string of the molecule is c1ccc2nc(-c3ccc4c(c3)CC(c3ccc5ccoc5c3)C4)ncc2c1. The predicted molar refractivity (Wildman–Crippen MR) is 111 cm³/mol. The van der Waals surface area contributed by atoms with Crippen LogP contribution in [0.4, 0.5) is 0 Å². The second kappa shape index (κ2) is 6.03. The summed E-state index contributed by atoms with van der Waals surface area (Å²) in [5.74, 6) is 1.29. The minimum absolute atomic E-state index is 0.497. The molecule has 1 aliphatic carbocycles. The Bertz CT molecular complexity index is 1330. The first-order chi connectivity index (χ1) is 13.8. The fourth-order valence-corrected chi connectivity index (χ4v) is 4.33. The molecule has 2 aromatic heterocycles. The van der Waals surface area contributed by atoms with E-state index in [9.17, 15) is 0 Å². The summed E-state index contributed by atoms with van der Waals surface area (Å²) in [6.45, 7) is 0. The third-order valence-corrected chi connectivity index (χ3v) is 5.84. The van der Waals surface area contributed by atoms with Gasteiger partial charge in [-0.25, -0.2) is 9.97 Å². The Hall–Kier alpha value is -3.46. The summed E-state index contributed by atoms with van der Waals surface area (Å²) in [5, 5.41) is 2.23. The Labute approximate surface area is 162 Å². The normalized spacial score (nSPS) is 15.9. The van der Waals surface area contributed by atoms with Crippen LogP contribution >= 0.6 is 0 Å². The van der Waals surface area contributed by atoms with E-state index in [0.29, 0.717) is 5.92 Å². The molecule has 0 amide bonds. The zero-order valence-electron chi connectivity index (χ0n) is 15.3. The average Bonchev–Trinajstić information content (AvgIpc) is 3.39. The number of hydrogen-bond donors (Lipinski definition) is 0. The lowest BCUT2D eigenvalue weighted by atomic mass is 9.95. The smallest absolute Gasteiger partial charge is 0.159 e. The van der Waals surface area contributed by atoms with Crippen molar-refractivity contribution in [3.05, 3.63) is 95.9 Å². The highest BCUT2D eigenvalue weighted by atomic mass is 16.3. The van der Waals surface area contributed by atoms with Crippen LogP contribution in [0.15, 0.2) is 83.6 Å². The molecule has 0 radical (unpaired) electrons. The highest BCUT2D eigenvalue weighted by molar-refractivity contribution is 5.80. The van der Waals surface area contributed by atoms with Gasteiger partial charge < -0.3 is 4.42 Å². The molecule has 0 saturated carbocycles. The maximum atomic E-state index is 5.59. The summed E-state index contributed by atoms with van der Waals surface area (Å²) < 4.78 is 5.59. The molecule has 0 bridgehead atoms. The van der Waals surface area contributed by atoms with Crippen LogP contribution in [-0.2, 0) is 12.8 Å². The first-order valence-corrected chi connectivity index (χ1v) is 9.65. The summed E-state index contributed by atoms with van der Waals surface area (Å²) in [4.78, 5) is 9.34. The van der Waals surface area contributed by atoms with Gasteiger partial charge in [-0.15, -0.1) is 0 Å². The maximum absolute atomic E-state index is 5.59. The van der Waals surface area contributed by atoms with E-state index in [-0.39, 0.29) is 0 Å². The van der Waals surface area contributed by atoms with Crippen molar-refractivity contribution in [2.75, 3.05) is 0 Å². The zero-order valence-corrected chi connectivity index (χ0v) is 15.3. The van der Waals surface area contributed by atoms with Crippen molar-refractivity contribution >= 4 is 21.9 Å². The van der Waals surface area contributed by atoms with Crippen LogP contribution < -0.4 is 0 Å². The Morgan fingerprint density at radius 3 is 2.75 bits per heavy atom. The highest BCUT2D eigenvalue weighted by Gasteiger charge is 2.24. The molecular formula is C25H18N2O. The predicted octanol–water partition coefficient (Wildman–Crippen LogP) is 5.93. The topological polar surface area (TPSA) is 38.9 Å². The Morgan fingerprint density at radius 2 is 1.75 bits per heavy atom. The Morgan fingerprint density at radius 1 is 0.821 bits per heavy atom. The van der Waals surface area contributed by atoms with Crippen molar-refractivity contribution in [1.82, 2.24) is 9.97 Å². The minimum atomic E-state index is 0.497. The van der Waals surface area contributed by atoms with Crippen molar-refractivity contribution in [1.29, 1.82) is 0 Å². The van der Waals surface area contributed by atoms with Gasteiger partial charge in [0.2, 0.25) is 0 Å². The quantitative estimate of drug-likeness (QED) is 0.391. The first-order valence-electron chi connectivity index (χ1n) is 9.65. The van der Waals surface area contributed by atoms with Crippen LogP contribution in [-0.4, -0.2) is 9.97 Å². The van der Waals surface area contributed by atoms with Gasteiger partial charge in [0.1, 0.15) is 5.58 Å². The molecule has 5 aromatic rings. The number of benzene rings is 3. The summed E-state index contributed by atoms with van der Waals surface area (Å²) >= 11 is 0. The Kier molecular flexibility index (Phi) is 3.36. The van der Waals surface area contributed by atoms with Gasteiger partial charge in [0.15, 0.2) is 5.82 Å². The zero-order chi connectivity index (χ0) is 18.5. The molecule has 1 unspecified atom stereocenters. The summed E-state index contributed by atoms with van der Waals surface area (Å²) in [7, 11) is 0. The van der Waals surface area contributed by atoms with Crippen LogP contribution in [0.2, 0.25) is 0 Å². The van der Waals surface area contributed by atoms with Gasteiger partial charge in [-0.05, 0) is 59.7 Å². The van der Waals surface area contributed by atoms with Crippen molar-refractivity contribution in [2.24, 2.45) is 0 Å². The van der Waals surface area contributed by atoms with Gasteiger partial charge in [0, 0.05) is 22.5 Å². The van der Waals surface area contributed by atoms with Gasteiger partial charge in [-0.3, -0.25) is 0 Å². The monoisotopic (exact) mass is 362 g/mol. The summed E-state index contributed by atoms with van der Waals surface area (Å²) in [5.41, 5.74) is 7.22. The minimum Gasteiger partial charge on any atom is -0.464 e. The van der Waals surface area contributed by atoms with Crippen molar-refractivity contribution < 1.29 is 4.42 Å². The van der Waals surface area contributed by atoms with E-state index in [4.69, 9.17) is 9.40 Å². The third kappa shape index (κ3) is 2.51. The van der Waals surface area contributed by atoms with E-state index in [1.807, 2.05) is 36.5 Å². The highest BCUT2D eigenvalue weighted by Crippen LogP contribution is 2.37. The van der Waals surface area contributed by atoms with E-state index in [2.05, 4.69) is 41.4 Å². The first kappa shape index (κ1) is 15.6. The molecule has 2 heterocycles. The molecule has 6 rings (SSSR count). The standard InChI is InChI=1S/C25H18N2O/c1-2-4-23-20(3-1)15-26-25(27-23)19-8-7-17-11-21(13-22(17)12-19)18-6-5-16-9-10-28-24(16)14-18/h1-10,12,14-15,21H,11,13H2. The Balaban J connectivity index is 1.34. The van der Waals surface area contributed by atoms with Crippen molar-refractivity contribution in [2.45, 2.75) is 18.8 Å². The molecule has 3 heteroatoms.